The molecule has 0 fully saturated rings. The zero-order chi connectivity index (χ0) is 13.3. The van der Waals surface area contributed by atoms with Gasteiger partial charge in [0.2, 0.25) is 0 Å². The van der Waals surface area contributed by atoms with Gasteiger partial charge in [-0.05, 0) is 13.0 Å². The van der Waals surface area contributed by atoms with Gasteiger partial charge in [-0.25, -0.2) is 9.78 Å². The van der Waals surface area contributed by atoms with E-state index in [0.29, 0.717) is 0 Å². The largest absolute Gasteiger partial charge is 0.390 e. The van der Waals surface area contributed by atoms with E-state index in [9.17, 15) is 9.59 Å². The van der Waals surface area contributed by atoms with Crippen LogP contribution in [0.3, 0.4) is 0 Å². The average Bonchev–Trinajstić information content (AvgIpc) is 2.74. The molecule has 1 aromatic rings. The number of esters is 1. The van der Waals surface area contributed by atoms with Gasteiger partial charge in [0.1, 0.15) is 0 Å². The Hall–Kier alpha value is -2.37. The Morgan fingerprint density at radius 3 is 3.06 bits per heavy atom. The number of carbonyl (C=O) groups is 2. The minimum Gasteiger partial charge on any atom is -0.390 e. The summed E-state index contributed by atoms with van der Waals surface area (Å²) in [4.78, 5) is 32.5. The number of hydrogen-bond acceptors (Lipinski definition) is 6. The number of nitrogens with zero attached hydrogens (tertiary/aromatic N) is 2. The number of nitrogens with two attached hydrogens (primary N) is 1. The quantitative estimate of drug-likeness (QED) is 0.529. The van der Waals surface area contributed by atoms with Gasteiger partial charge in [0.05, 0.1) is 18.3 Å². The molecule has 1 aliphatic rings. The zero-order valence-electron chi connectivity index (χ0n) is 9.62. The van der Waals surface area contributed by atoms with E-state index in [2.05, 4.69) is 17.3 Å². The highest BCUT2D eigenvalue weighted by Crippen LogP contribution is 2.23. The molecule has 2 unspecified atom stereocenters. The number of fused-ring (bicyclic) bond motifs is 1. The van der Waals surface area contributed by atoms with Crippen molar-refractivity contribution in [2.24, 2.45) is 11.7 Å². The maximum absolute atomic E-state index is 12.0. The highest BCUT2D eigenvalue weighted by molar-refractivity contribution is 5.91. The number of carbonyl (C=O) groups excluding carboxylic acids is 2. The fraction of sp³-hybridized carbons (Fsp3) is 0.273. The third-order valence-electron chi connectivity index (χ3n) is 2.71. The number of ether oxygens (including phenoxy) is 1. The van der Waals surface area contributed by atoms with E-state index < -0.39 is 23.4 Å². The predicted octanol–water partition coefficient (Wildman–Crippen LogP) is -0.568. The van der Waals surface area contributed by atoms with Crippen LogP contribution in [0.15, 0.2) is 30.8 Å². The van der Waals surface area contributed by atoms with Gasteiger partial charge in [-0.15, -0.1) is 10.5 Å². The molecule has 0 saturated heterocycles. The van der Waals surface area contributed by atoms with Gasteiger partial charge in [0.25, 0.3) is 0 Å². The molecule has 2 rings (SSSR count). The van der Waals surface area contributed by atoms with E-state index in [1.165, 1.54) is 25.4 Å². The van der Waals surface area contributed by atoms with Gasteiger partial charge >= 0.3 is 17.9 Å². The topological polar surface area (TPSA) is 96.4 Å². The maximum Gasteiger partial charge on any atom is 0.358 e. The van der Waals surface area contributed by atoms with Crippen molar-refractivity contribution in [3.63, 3.8) is 0 Å². The molecule has 7 heteroatoms. The number of imidazole rings is 1. The van der Waals surface area contributed by atoms with Gasteiger partial charge in [-0.3, -0.25) is 4.79 Å². The first-order valence-corrected chi connectivity index (χ1v) is 5.12. The Morgan fingerprint density at radius 2 is 2.39 bits per heavy atom. The Morgan fingerprint density at radius 1 is 1.67 bits per heavy atom. The molecule has 0 bridgehead atoms. The molecule has 0 spiro atoms. The van der Waals surface area contributed by atoms with Crippen LogP contribution in [0, 0.1) is 5.92 Å². The number of hydrogen-bond donors (Lipinski definition) is 1. The van der Waals surface area contributed by atoms with Gasteiger partial charge in [0, 0.05) is 0 Å². The smallest absolute Gasteiger partial charge is 0.358 e. The molecule has 2 heterocycles. The van der Waals surface area contributed by atoms with Crippen molar-refractivity contribution in [1.82, 2.24) is 9.71 Å². The molecule has 1 aromatic heterocycles. The van der Waals surface area contributed by atoms with E-state index in [1.807, 2.05) is 0 Å². The molecule has 94 valence electrons. The van der Waals surface area contributed by atoms with Crippen molar-refractivity contribution in [3.8, 4) is 6.01 Å². The van der Waals surface area contributed by atoms with Crippen molar-refractivity contribution in [3.05, 3.63) is 30.8 Å². The van der Waals surface area contributed by atoms with E-state index in [0.717, 1.165) is 4.73 Å². The van der Waals surface area contributed by atoms with Crippen LogP contribution in [0.4, 0.5) is 0 Å². The standard InChI is InChI=1S/C11H11N3O4/c1-3-4-11(12)7(2)8(15)17-10-13-5-6-14(10)18-9(11)16/h4-7H,1,12H2,2H3. The molecule has 7 nitrogen and oxygen atoms in total. The zero-order valence-corrected chi connectivity index (χ0v) is 9.62. The summed E-state index contributed by atoms with van der Waals surface area (Å²) in [5, 5.41) is 0. The molecule has 2 atom stereocenters. The third kappa shape index (κ3) is 1.71. The first kappa shape index (κ1) is 12.1. The van der Waals surface area contributed by atoms with Crippen LogP contribution in [0.2, 0.25) is 0 Å². The highest BCUT2D eigenvalue weighted by Gasteiger charge is 2.46. The average molecular weight is 249 g/mol. The first-order valence-electron chi connectivity index (χ1n) is 5.12. The third-order valence-corrected chi connectivity index (χ3v) is 2.71. The van der Waals surface area contributed by atoms with Crippen molar-refractivity contribution in [1.29, 1.82) is 0 Å². The second-order valence-electron chi connectivity index (χ2n) is 3.84. The second kappa shape index (κ2) is 4.14. The van der Waals surface area contributed by atoms with E-state index in [-0.39, 0.29) is 6.01 Å². The van der Waals surface area contributed by atoms with Crippen molar-refractivity contribution in [2.75, 3.05) is 0 Å². The normalized spacial score (nSPS) is 27.1. The summed E-state index contributed by atoms with van der Waals surface area (Å²) in [6.45, 7) is 4.80. The van der Waals surface area contributed by atoms with Crippen LogP contribution in [0.5, 0.6) is 6.01 Å². The van der Waals surface area contributed by atoms with Crippen molar-refractivity contribution >= 4 is 11.9 Å². The van der Waals surface area contributed by atoms with E-state index >= 15 is 0 Å². The molecule has 1 aliphatic heterocycles. The Labute approximate surface area is 102 Å². The molecular weight excluding hydrogens is 238 g/mol. The van der Waals surface area contributed by atoms with Crippen LogP contribution in [0.25, 0.3) is 0 Å². The summed E-state index contributed by atoms with van der Waals surface area (Å²) >= 11 is 0. The lowest BCUT2D eigenvalue weighted by Gasteiger charge is -2.29. The minimum absolute atomic E-state index is 0.121. The van der Waals surface area contributed by atoms with Crippen LogP contribution in [-0.4, -0.2) is 27.2 Å². The van der Waals surface area contributed by atoms with Gasteiger partial charge in [0.15, 0.2) is 5.54 Å². The molecule has 0 saturated carbocycles. The minimum atomic E-state index is -1.68. The Bertz CT molecular complexity index is 558. The number of aromatic nitrogens is 2. The fourth-order valence-corrected chi connectivity index (χ4v) is 1.49. The first-order chi connectivity index (χ1) is 8.49. The van der Waals surface area contributed by atoms with Crippen molar-refractivity contribution in [2.45, 2.75) is 12.5 Å². The fourth-order valence-electron chi connectivity index (χ4n) is 1.49. The summed E-state index contributed by atoms with van der Waals surface area (Å²) in [7, 11) is 0. The van der Waals surface area contributed by atoms with E-state index in [4.69, 9.17) is 15.3 Å². The maximum atomic E-state index is 12.0. The molecular formula is C11H11N3O4. The summed E-state index contributed by atoms with van der Waals surface area (Å²) in [5.41, 5.74) is 6.59. The van der Waals surface area contributed by atoms with Crippen LogP contribution in [-0.2, 0) is 9.59 Å². The second-order valence-corrected chi connectivity index (χ2v) is 3.84. The lowest BCUT2D eigenvalue weighted by Crippen LogP contribution is -2.59. The van der Waals surface area contributed by atoms with Gasteiger partial charge in [-0.1, -0.05) is 6.58 Å². The molecule has 0 amide bonds. The highest BCUT2D eigenvalue weighted by atomic mass is 16.7. The molecule has 18 heavy (non-hydrogen) atoms. The van der Waals surface area contributed by atoms with Gasteiger partial charge in [-0.2, -0.15) is 0 Å². The van der Waals surface area contributed by atoms with Crippen LogP contribution >= 0.6 is 0 Å². The molecule has 2 N–H and O–H groups in total. The van der Waals surface area contributed by atoms with Crippen LogP contribution < -0.4 is 15.3 Å². The Balaban J connectivity index is 2.51. The lowest BCUT2D eigenvalue weighted by atomic mass is 9.86. The summed E-state index contributed by atoms with van der Waals surface area (Å²) in [6.07, 6.45) is 3.84. The van der Waals surface area contributed by atoms with E-state index in [1.54, 1.807) is 0 Å². The lowest BCUT2D eigenvalue weighted by molar-refractivity contribution is -0.161. The summed E-state index contributed by atoms with van der Waals surface area (Å²) in [6, 6.07) is -0.121. The SMILES string of the molecule is C=C=CC1(N)C(=O)On2ccnc2OC(=O)C1C. The van der Waals surface area contributed by atoms with Gasteiger partial charge < -0.3 is 15.3 Å². The Kier molecular flexibility index (Phi) is 2.78. The summed E-state index contributed by atoms with van der Waals surface area (Å²) in [5.74, 6) is -2.46. The monoisotopic (exact) mass is 249 g/mol. The number of rotatable bonds is 1. The summed E-state index contributed by atoms with van der Waals surface area (Å²) < 4.78 is 5.90. The van der Waals surface area contributed by atoms with Crippen LogP contribution in [0.1, 0.15) is 6.92 Å². The molecule has 0 aromatic carbocycles. The molecule has 0 radical (unpaired) electrons. The molecule has 0 aliphatic carbocycles. The predicted molar refractivity (Wildman–Crippen MR) is 59.2 cm³/mol. The van der Waals surface area contributed by atoms with Crippen molar-refractivity contribution < 1.29 is 19.2 Å².